The summed E-state index contributed by atoms with van der Waals surface area (Å²) in [6, 6.07) is 16.8. The fraction of sp³-hybridized carbons (Fsp3) is 0.217. The quantitative estimate of drug-likeness (QED) is 0.606. The van der Waals surface area contributed by atoms with Gasteiger partial charge in [-0.15, -0.1) is 0 Å². The van der Waals surface area contributed by atoms with Crippen LogP contribution in [0.25, 0.3) is 0 Å². The number of halogens is 1. The average molecular weight is 424 g/mol. The van der Waals surface area contributed by atoms with Crippen molar-refractivity contribution in [2.24, 2.45) is 0 Å². The second kappa shape index (κ2) is 8.63. The van der Waals surface area contributed by atoms with Gasteiger partial charge in [0, 0.05) is 29.5 Å². The zero-order valence-electron chi connectivity index (χ0n) is 16.5. The molecule has 30 heavy (non-hydrogen) atoms. The van der Waals surface area contributed by atoms with Crippen LogP contribution in [-0.2, 0) is 16.0 Å². The van der Waals surface area contributed by atoms with Gasteiger partial charge in [0.05, 0.1) is 6.26 Å². The molecule has 0 spiro atoms. The molecule has 0 radical (unpaired) electrons. The molecule has 2 heterocycles. The highest BCUT2D eigenvalue weighted by Crippen LogP contribution is 2.35. The third-order valence-electron chi connectivity index (χ3n) is 5.35. The lowest BCUT2D eigenvalue weighted by Gasteiger charge is -2.29. The van der Waals surface area contributed by atoms with Gasteiger partial charge in [-0.3, -0.25) is 9.59 Å². The molecule has 0 saturated heterocycles. The molecule has 0 bridgehead atoms. The van der Waals surface area contributed by atoms with E-state index in [2.05, 4.69) is 27.7 Å². The number of hydrogen-bond acceptors (Lipinski definition) is 4. The van der Waals surface area contributed by atoms with E-state index in [4.69, 9.17) is 16.0 Å². The zero-order chi connectivity index (χ0) is 21.1. The summed E-state index contributed by atoms with van der Waals surface area (Å²) < 4.78 is 5.63. The van der Waals surface area contributed by atoms with Crippen molar-refractivity contribution in [2.45, 2.75) is 19.4 Å². The number of anilines is 2. The van der Waals surface area contributed by atoms with Crippen LogP contribution in [0.5, 0.6) is 0 Å². The SMILES string of the molecule is Cc1c(Cl)cccc1NC(=O)C(=O)NC[C@H](c1ccco1)N1CCc2ccccc21. The van der Waals surface area contributed by atoms with E-state index in [1.807, 2.05) is 24.3 Å². The first kappa shape index (κ1) is 20.0. The second-order valence-electron chi connectivity index (χ2n) is 7.18. The molecule has 6 nitrogen and oxygen atoms in total. The number of fused-ring (bicyclic) bond motifs is 1. The molecule has 154 valence electrons. The first-order valence-corrected chi connectivity index (χ1v) is 10.1. The molecular weight excluding hydrogens is 402 g/mol. The Kier molecular flexibility index (Phi) is 5.77. The number of para-hydroxylation sites is 1. The van der Waals surface area contributed by atoms with E-state index >= 15 is 0 Å². The first-order chi connectivity index (χ1) is 14.5. The van der Waals surface area contributed by atoms with Crippen LogP contribution >= 0.6 is 11.6 Å². The molecule has 1 aliphatic rings. The molecule has 7 heteroatoms. The number of rotatable bonds is 5. The van der Waals surface area contributed by atoms with E-state index in [-0.39, 0.29) is 12.6 Å². The highest BCUT2D eigenvalue weighted by molar-refractivity contribution is 6.40. The molecule has 0 aliphatic carbocycles. The standard InChI is InChI=1S/C23H22ClN3O3/c1-15-17(24)7-4-8-18(15)26-23(29)22(28)25-14-20(21-10-5-13-30-21)27-12-11-16-6-2-3-9-19(16)27/h2-10,13,20H,11-12,14H2,1H3,(H,25,28)(H,26,29)/t20-/m1/s1. The molecule has 2 amide bonds. The van der Waals surface area contributed by atoms with Crippen LogP contribution in [0.3, 0.4) is 0 Å². The van der Waals surface area contributed by atoms with Crippen molar-refractivity contribution in [2.75, 3.05) is 23.3 Å². The van der Waals surface area contributed by atoms with E-state index in [0.29, 0.717) is 16.3 Å². The summed E-state index contributed by atoms with van der Waals surface area (Å²) >= 11 is 6.08. The lowest BCUT2D eigenvalue weighted by atomic mass is 10.1. The first-order valence-electron chi connectivity index (χ1n) is 9.77. The maximum Gasteiger partial charge on any atom is 0.313 e. The van der Waals surface area contributed by atoms with Crippen LogP contribution in [0.2, 0.25) is 5.02 Å². The molecular formula is C23H22ClN3O3. The highest BCUT2D eigenvalue weighted by atomic mass is 35.5. The maximum atomic E-state index is 12.5. The van der Waals surface area contributed by atoms with Crippen LogP contribution in [0.4, 0.5) is 11.4 Å². The lowest BCUT2D eigenvalue weighted by molar-refractivity contribution is -0.136. The molecule has 1 aromatic heterocycles. The van der Waals surface area contributed by atoms with Gasteiger partial charge < -0.3 is 20.0 Å². The minimum Gasteiger partial charge on any atom is -0.467 e. The van der Waals surface area contributed by atoms with Crippen molar-refractivity contribution in [1.82, 2.24) is 5.32 Å². The minimum atomic E-state index is -0.736. The summed E-state index contributed by atoms with van der Waals surface area (Å²) in [6.07, 6.45) is 2.54. The Balaban J connectivity index is 1.46. The van der Waals surface area contributed by atoms with Gasteiger partial charge in [0.25, 0.3) is 0 Å². The van der Waals surface area contributed by atoms with Gasteiger partial charge in [-0.25, -0.2) is 0 Å². The normalized spacial score (nSPS) is 13.6. The van der Waals surface area contributed by atoms with Crippen molar-refractivity contribution >= 4 is 34.8 Å². The predicted molar refractivity (Wildman–Crippen MR) is 117 cm³/mol. The molecule has 1 atom stereocenters. The number of carbonyl (C=O) groups excluding carboxylic acids is 2. The number of hydrogen-bond donors (Lipinski definition) is 2. The minimum absolute atomic E-state index is 0.215. The molecule has 2 N–H and O–H groups in total. The topological polar surface area (TPSA) is 74.6 Å². The monoisotopic (exact) mass is 423 g/mol. The Bertz CT molecular complexity index is 1070. The summed E-state index contributed by atoms with van der Waals surface area (Å²) in [4.78, 5) is 27.1. The van der Waals surface area contributed by atoms with Crippen molar-refractivity contribution < 1.29 is 14.0 Å². The Hall–Kier alpha value is -3.25. The number of nitrogens with one attached hydrogen (secondary N) is 2. The van der Waals surface area contributed by atoms with E-state index in [0.717, 1.165) is 24.4 Å². The average Bonchev–Trinajstić information content (AvgIpc) is 3.42. The third kappa shape index (κ3) is 4.04. The summed E-state index contributed by atoms with van der Waals surface area (Å²) in [7, 11) is 0. The molecule has 2 aromatic carbocycles. The van der Waals surface area contributed by atoms with Crippen molar-refractivity contribution in [3.05, 3.63) is 82.8 Å². The molecule has 0 unspecified atom stereocenters. The number of nitrogens with zero attached hydrogens (tertiary/aromatic N) is 1. The third-order valence-corrected chi connectivity index (χ3v) is 5.76. The van der Waals surface area contributed by atoms with Crippen LogP contribution in [-0.4, -0.2) is 24.9 Å². The smallest absolute Gasteiger partial charge is 0.313 e. The highest BCUT2D eigenvalue weighted by Gasteiger charge is 2.29. The van der Waals surface area contributed by atoms with E-state index in [1.54, 1.807) is 31.4 Å². The van der Waals surface area contributed by atoms with Crippen LogP contribution in [0.15, 0.2) is 65.3 Å². The van der Waals surface area contributed by atoms with Crippen molar-refractivity contribution in [3.63, 3.8) is 0 Å². The van der Waals surface area contributed by atoms with E-state index < -0.39 is 11.8 Å². The Morgan fingerprint density at radius 3 is 2.73 bits per heavy atom. The number of benzene rings is 2. The van der Waals surface area contributed by atoms with Crippen molar-refractivity contribution in [3.8, 4) is 0 Å². The lowest BCUT2D eigenvalue weighted by Crippen LogP contribution is -2.41. The zero-order valence-corrected chi connectivity index (χ0v) is 17.3. The summed E-state index contributed by atoms with van der Waals surface area (Å²) in [5.41, 5.74) is 3.60. The van der Waals surface area contributed by atoms with Gasteiger partial charge in [-0.2, -0.15) is 0 Å². The van der Waals surface area contributed by atoms with E-state index in [9.17, 15) is 9.59 Å². The number of amides is 2. The van der Waals surface area contributed by atoms with E-state index in [1.165, 1.54) is 5.56 Å². The number of furan rings is 1. The molecule has 3 aromatic rings. The second-order valence-corrected chi connectivity index (χ2v) is 7.59. The molecule has 1 aliphatic heterocycles. The number of carbonyl (C=O) groups is 2. The van der Waals surface area contributed by atoms with Gasteiger partial charge in [-0.1, -0.05) is 35.9 Å². The molecule has 0 saturated carbocycles. The van der Waals surface area contributed by atoms with Gasteiger partial charge in [0.2, 0.25) is 0 Å². The largest absolute Gasteiger partial charge is 0.467 e. The van der Waals surface area contributed by atoms with Gasteiger partial charge in [-0.05, 0) is 54.8 Å². The van der Waals surface area contributed by atoms with Crippen molar-refractivity contribution in [1.29, 1.82) is 0 Å². The maximum absolute atomic E-state index is 12.5. The van der Waals surface area contributed by atoms with Crippen LogP contribution in [0, 0.1) is 6.92 Å². The Morgan fingerprint density at radius 1 is 1.10 bits per heavy atom. The van der Waals surface area contributed by atoms with Gasteiger partial charge in [0.1, 0.15) is 11.8 Å². The summed E-state index contributed by atoms with van der Waals surface area (Å²) in [5.74, 6) is -0.711. The Labute approximate surface area is 179 Å². The predicted octanol–water partition coefficient (Wildman–Crippen LogP) is 4.10. The molecule has 4 rings (SSSR count). The summed E-state index contributed by atoms with van der Waals surface area (Å²) in [6.45, 7) is 2.84. The molecule has 0 fully saturated rings. The van der Waals surface area contributed by atoms with Crippen LogP contribution in [0.1, 0.15) is 22.9 Å². The fourth-order valence-electron chi connectivity index (χ4n) is 3.72. The summed E-state index contributed by atoms with van der Waals surface area (Å²) in [5, 5.41) is 5.90. The Morgan fingerprint density at radius 2 is 1.93 bits per heavy atom. The fourth-order valence-corrected chi connectivity index (χ4v) is 3.90. The van der Waals surface area contributed by atoms with Gasteiger partial charge in [0.15, 0.2) is 0 Å². The van der Waals surface area contributed by atoms with Gasteiger partial charge >= 0.3 is 11.8 Å². The van der Waals surface area contributed by atoms with Crippen LogP contribution < -0.4 is 15.5 Å².